The summed E-state index contributed by atoms with van der Waals surface area (Å²) in [5.41, 5.74) is 0.451. The number of aryl methyl sites for hydroxylation is 1. The molecule has 0 saturated carbocycles. The predicted octanol–water partition coefficient (Wildman–Crippen LogP) is 1.81. The van der Waals surface area contributed by atoms with Gasteiger partial charge in [-0.05, 0) is 23.8 Å². The Kier molecular flexibility index (Phi) is 3.52. The summed E-state index contributed by atoms with van der Waals surface area (Å²) in [7, 11) is 0. The van der Waals surface area contributed by atoms with Gasteiger partial charge in [0.15, 0.2) is 0 Å². The van der Waals surface area contributed by atoms with Gasteiger partial charge in [0.2, 0.25) is 0 Å². The lowest BCUT2D eigenvalue weighted by molar-refractivity contribution is 0.0948. The Morgan fingerprint density at radius 2 is 2.55 bits per heavy atom. The van der Waals surface area contributed by atoms with Crippen LogP contribution in [-0.4, -0.2) is 22.0 Å². The van der Waals surface area contributed by atoms with Gasteiger partial charge in [-0.3, -0.25) is 4.79 Å². The van der Waals surface area contributed by atoms with Crippen LogP contribution in [0.1, 0.15) is 27.5 Å². The van der Waals surface area contributed by atoms with Crippen LogP contribution in [0.25, 0.3) is 0 Å². The summed E-state index contributed by atoms with van der Waals surface area (Å²) in [6.07, 6.45) is 5.75. The number of hydrogen-bond acceptors (Lipinski definition) is 4. The zero-order valence-corrected chi connectivity index (χ0v) is 11.7. The average molecular weight is 286 g/mol. The van der Waals surface area contributed by atoms with Crippen molar-refractivity contribution in [2.45, 2.75) is 19.4 Å². The van der Waals surface area contributed by atoms with Crippen LogP contribution in [0.4, 0.5) is 0 Å². The molecule has 0 radical (unpaired) electrons. The second kappa shape index (κ2) is 5.47. The van der Waals surface area contributed by atoms with Crippen molar-refractivity contribution in [2.75, 3.05) is 6.54 Å². The minimum atomic E-state index is -0.148. The van der Waals surface area contributed by atoms with Crippen molar-refractivity contribution >= 4 is 17.2 Å². The first-order valence-corrected chi connectivity index (χ1v) is 7.41. The SMILES string of the molecule is N#Cc1ccsc1C(=O)NCC1CCn2ccnc2C1. The van der Waals surface area contributed by atoms with Crippen molar-refractivity contribution in [3.05, 3.63) is 40.1 Å². The fourth-order valence-electron chi connectivity index (χ4n) is 2.48. The fraction of sp³-hybridized carbons (Fsp3) is 0.357. The monoisotopic (exact) mass is 286 g/mol. The first-order valence-electron chi connectivity index (χ1n) is 6.53. The highest BCUT2D eigenvalue weighted by Gasteiger charge is 2.20. The van der Waals surface area contributed by atoms with E-state index in [0.29, 0.717) is 22.9 Å². The van der Waals surface area contributed by atoms with Gasteiger partial charge in [-0.15, -0.1) is 11.3 Å². The molecule has 1 amide bonds. The fourth-order valence-corrected chi connectivity index (χ4v) is 3.24. The van der Waals surface area contributed by atoms with Crippen molar-refractivity contribution in [1.82, 2.24) is 14.9 Å². The van der Waals surface area contributed by atoms with Crippen LogP contribution in [-0.2, 0) is 13.0 Å². The number of hydrogen-bond donors (Lipinski definition) is 1. The number of carbonyl (C=O) groups excluding carboxylic acids is 1. The van der Waals surface area contributed by atoms with Gasteiger partial charge in [0, 0.05) is 31.9 Å². The average Bonchev–Trinajstić information content (AvgIpc) is 3.12. The molecule has 1 N–H and O–H groups in total. The summed E-state index contributed by atoms with van der Waals surface area (Å²) in [6.45, 7) is 1.59. The number of imidazole rings is 1. The molecule has 0 saturated heterocycles. The topological polar surface area (TPSA) is 70.7 Å². The van der Waals surface area contributed by atoms with Gasteiger partial charge in [-0.25, -0.2) is 4.98 Å². The van der Waals surface area contributed by atoms with Gasteiger partial charge in [0.05, 0.1) is 5.56 Å². The Morgan fingerprint density at radius 1 is 1.65 bits per heavy atom. The Bertz CT molecular complexity index is 667. The Morgan fingerprint density at radius 3 is 3.40 bits per heavy atom. The number of nitrogens with zero attached hydrogens (tertiary/aromatic N) is 3. The second-order valence-corrected chi connectivity index (χ2v) is 5.80. The Labute approximate surface area is 120 Å². The molecule has 3 rings (SSSR count). The van der Waals surface area contributed by atoms with E-state index in [2.05, 4.69) is 14.9 Å². The van der Waals surface area contributed by atoms with E-state index in [9.17, 15) is 4.79 Å². The van der Waals surface area contributed by atoms with Gasteiger partial charge < -0.3 is 9.88 Å². The van der Waals surface area contributed by atoms with E-state index >= 15 is 0 Å². The lowest BCUT2D eigenvalue weighted by atomic mass is 9.98. The number of thiophene rings is 1. The second-order valence-electron chi connectivity index (χ2n) is 4.88. The lowest BCUT2D eigenvalue weighted by Gasteiger charge is -2.23. The number of fused-ring (bicyclic) bond motifs is 1. The van der Waals surface area contributed by atoms with Crippen LogP contribution in [0.5, 0.6) is 0 Å². The largest absolute Gasteiger partial charge is 0.351 e. The standard InChI is InChI=1S/C14H14N4OS/c15-8-11-2-6-20-13(11)14(19)17-9-10-1-4-18-5-3-16-12(18)7-10/h2-3,5-6,10H,1,4,7,9H2,(H,17,19). The molecule has 0 bridgehead atoms. The third-order valence-electron chi connectivity index (χ3n) is 3.59. The highest BCUT2D eigenvalue weighted by atomic mass is 32.1. The van der Waals surface area contributed by atoms with E-state index in [-0.39, 0.29) is 5.91 Å². The molecular formula is C14H14N4OS. The summed E-state index contributed by atoms with van der Waals surface area (Å²) in [4.78, 5) is 16.9. The molecule has 2 aromatic heterocycles. The number of aromatic nitrogens is 2. The molecule has 1 aliphatic heterocycles. The molecule has 0 aliphatic carbocycles. The van der Waals surface area contributed by atoms with Gasteiger partial charge >= 0.3 is 0 Å². The number of nitrogens with one attached hydrogen (secondary N) is 1. The maximum atomic E-state index is 12.1. The predicted molar refractivity (Wildman–Crippen MR) is 75.4 cm³/mol. The van der Waals surface area contributed by atoms with E-state index in [1.54, 1.807) is 11.4 Å². The number of nitriles is 1. The summed E-state index contributed by atoms with van der Waals surface area (Å²) in [5, 5.41) is 13.6. The summed E-state index contributed by atoms with van der Waals surface area (Å²) in [5.74, 6) is 1.36. The zero-order chi connectivity index (χ0) is 13.9. The maximum Gasteiger partial charge on any atom is 0.262 e. The molecule has 6 heteroatoms. The molecule has 3 heterocycles. The molecule has 0 fully saturated rings. The summed E-state index contributed by atoms with van der Waals surface area (Å²) < 4.78 is 2.16. The third-order valence-corrected chi connectivity index (χ3v) is 4.51. The summed E-state index contributed by atoms with van der Waals surface area (Å²) >= 11 is 1.31. The van der Waals surface area contributed by atoms with Crippen molar-refractivity contribution in [2.24, 2.45) is 5.92 Å². The molecule has 102 valence electrons. The van der Waals surface area contributed by atoms with Crippen LogP contribution in [0.3, 0.4) is 0 Å². The smallest absolute Gasteiger partial charge is 0.262 e. The van der Waals surface area contributed by atoms with Crippen LogP contribution >= 0.6 is 11.3 Å². The number of amides is 1. The minimum Gasteiger partial charge on any atom is -0.351 e. The van der Waals surface area contributed by atoms with Gasteiger partial charge in [-0.1, -0.05) is 0 Å². The lowest BCUT2D eigenvalue weighted by Crippen LogP contribution is -2.33. The first kappa shape index (κ1) is 12.9. The van der Waals surface area contributed by atoms with E-state index < -0.39 is 0 Å². The van der Waals surface area contributed by atoms with E-state index in [0.717, 1.165) is 25.2 Å². The molecule has 2 aromatic rings. The van der Waals surface area contributed by atoms with Crippen LogP contribution in [0.15, 0.2) is 23.8 Å². The Hall–Kier alpha value is -2.13. The molecule has 5 nitrogen and oxygen atoms in total. The number of rotatable bonds is 3. The van der Waals surface area contributed by atoms with E-state index in [1.165, 1.54) is 11.3 Å². The van der Waals surface area contributed by atoms with Gasteiger partial charge in [-0.2, -0.15) is 5.26 Å². The molecule has 1 unspecified atom stereocenters. The molecule has 20 heavy (non-hydrogen) atoms. The zero-order valence-electron chi connectivity index (χ0n) is 10.9. The highest BCUT2D eigenvalue weighted by Crippen LogP contribution is 2.19. The first-order chi connectivity index (χ1) is 9.78. The van der Waals surface area contributed by atoms with Gasteiger partial charge in [0.25, 0.3) is 5.91 Å². The van der Waals surface area contributed by atoms with Gasteiger partial charge in [0.1, 0.15) is 16.8 Å². The Balaban J connectivity index is 1.58. The van der Waals surface area contributed by atoms with Crippen molar-refractivity contribution in [1.29, 1.82) is 5.26 Å². The van der Waals surface area contributed by atoms with Crippen LogP contribution in [0, 0.1) is 17.2 Å². The van der Waals surface area contributed by atoms with E-state index in [1.807, 2.05) is 18.5 Å². The van der Waals surface area contributed by atoms with Crippen molar-refractivity contribution in [3.8, 4) is 6.07 Å². The van der Waals surface area contributed by atoms with Crippen molar-refractivity contribution in [3.63, 3.8) is 0 Å². The molecule has 1 atom stereocenters. The molecular weight excluding hydrogens is 272 g/mol. The van der Waals surface area contributed by atoms with Crippen molar-refractivity contribution < 1.29 is 4.79 Å². The minimum absolute atomic E-state index is 0.148. The quantitative estimate of drug-likeness (QED) is 0.935. The molecule has 1 aliphatic rings. The molecule has 0 spiro atoms. The van der Waals surface area contributed by atoms with Crippen LogP contribution in [0.2, 0.25) is 0 Å². The normalized spacial score (nSPS) is 17.2. The highest BCUT2D eigenvalue weighted by molar-refractivity contribution is 7.12. The number of carbonyl (C=O) groups is 1. The maximum absolute atomic E-state index is 12.1. The van der Waals surface area contributed by atoms with Crippen LogP contribution < -0.4 is 5.32 Å². The van der Waals surface area contributed by atoms with E-state index in [4.69, 9.17) is 5.26 Å². The molecule has 0 aromatic carbocycles. The third kappa shape index (κ3) is 2.45. The summed E-state index contributed by atoms with van der Waals surface area (Å²) in [6, 6.07) is 3.72.